The fourth-order valence-electron chi connectivity index (χ4n) is 1.07. The maximum atomic E-state index is 11.2. The van der Waals surface area contributed by atoms with Crippen LogP contribution in [0.5, 0.6) is 0 Å². The SMILES string of the molecule is CC(=O)OC(=O)C(C)=Cc1ccccc1. The summed E-state index contributed by atoms with van der Waals surface area (Å²) in [4.78, 5) is 21.8. The van der Waals surface area contributed by atoms with Crippen LogP contribution in [0.1, 0.15) is 19.4 Å². The van der Waals surface area contributed by atoms with Crippen molar-refractivity contribution in [1.82, 2.24) is 0 Å². The highest BCUT2D eigenvalue weighted by molar-refractivity contribution is 5.98. The Kier molecular flexibility index (Phi) is 3.80. The molecule has 0 fully saturated rings. The van der Waals surface area contributed by atoms with E-state index in [1.54, 1.807) is 13.0 Å². The van der Waals surface area contributed by atoms with Crippen molar-refractivity contribution in [2.75, 3.05) is 0 Å². The van der Waals surface area contributed by atoms with Crippen LogP contribution < -0.4 is 0 Å². The van der Waals surface area contributed by atoms with Crippen LogP contribution in [-0.2, 0) is 14.3 Å². The third kappa shape index (κ3) is 3.77. The van der Waals surface area contributed by atoms with Crippen LogP contribution in [-0.4, -0.2) is 11.9 Å². The lowest BCUT2D eigenvalue weighted by Gasteiger charge is -1.99. The van der Waals surface area contributed by atoms with E-state index in [0.29, 0.717) is 5.57 Å². The van der Waals surface area contributed by atoms with Crippen LogP contribution in [0.4, 0.5) is 0 Å². The lowest BCUT2D eigenvalue weighted by Crippen LogP contribution is -2.09. The number of ether oxygens (including phenoxy) is 1. The molecule has 0 bridgehead atoms. The zero-order chi connectivity index (χ0) is 11.3. The average Bonchev–Trinajstić information content (AvgIpc) is 2.18. The summed E-state index contributed by atoms with van der Waals surface area (Å²) in [5.41, 5.74) is 1.30. The van der Waals surface area contributed by atoms with E-state index in [4.69, 9.17) is 0 Å². The Hall–Kier alpha value is -1.90. The highest BCUT2D eigenvalue weighted by Gasteiger charge is 2.07. The first-order valence-electron chi connectivity index (χ1n) is 4.55. The molecular formula is C12H12O3. The standard InChI is InChI=1S/C12H12O3/c1-9(12(14)15-10(2)13)8-11-6-4-3-5-7-11/h3-8H,1-2H3. The number of benzene rings is 1. The molecule has 0 aliphatic carbocycles. The van der Waals surface area contributed by atoms with Gasteiger partial charge in [-0.1, -0.05) is 30.3 Å². The molecule has 0 aromatic heterocycles. The number of hydrogen-bond acceptors (Lipinski definition) is 3. The van der Waals surface area contributed by atoms with Crippen molar-refractivity contribution in [3.8, 4) is 0 Å². The monoisotopic (exact) mass is 204 g/mol. The smallest absolute Gasteiger partial charge is 0.341 e. The fraction of sp³-hybridized carbons (Fsp3) is 0.167. The van der Waals surface area contributed by atoms with E-state index in [9.17, 15) is 9.59 Å². The molecule has 0 unspecified atom stereocenters. The van der Waals surface area contributed by atoms with Crippen molar-refractivity contribution in [1.29, 1.82) is 0 Å². The minimum Gasteiger partial charge on any atom is -0.390 e. The van der Waals surface area contributed by atoms with Gasteiger partial charge in [0.2, 0.25) is 0 Å². The van der Waals surface area contributed by atoms with Crippen LogP contribution in [0.25, 0.3) is 6.08 Å². The molecule has 0 heterocycles. The van der Waals surface area contributed by atoms with E-state index >= 15 is 0 Å². The highest BCUT2D eigenvalue weighted by Crippen LogP contribution is 2.07. The van der Waals surface area contributed by atoms with Gasteiger partial charge in [-0.15, -0.1) is 0 Å². The predicted molar refractivity (Wildman–Crippen MR) is 56.9 cm³/mol. The molecule has 0 atom stereocenters. The van der Waals surface area contributed by atoms with Crippen molar-refractivity contribution in [2.24, 2.45) is 0 Å². The number of carbonyl (C=O) groups is 2. The van der Waals surface area contributed by atoms with Gasteiger partial charge < -0.3 is 4.74 Å². The average molecular weight is 204 g/mol. The first-order valence-corrected chi connectivity index (χ1v) is 4.55. The van der Waals surface area contributed by atoms with Gasteiger partial charge in [0.25, 0.3) is 0 Å². The molecule has 15 heavy (non-hydrogen) atoms. The molecule has 3 nitrogen and oxygen atoms in total. The number of hydrogen-bond donors (Lipinski definition) is 0. The van der Waals surface area contributed by atoms with Gasteiger partial charge in [0.1, 0.15) is 0 Å². The van der Waals surface area contributed by atoms with Crippen molar-refractivity contribution in [3.63, 3.8) is 0 Å². The predicted octanol–water partition coefficient (Wildman–Crippen LogP) is 2.18. The van der Waals surface area contributed by atoms with Crippen molar-refractivity contribution >= 4 is 18.0 Å². The molecule has 0 N–H and O–H groups in total. The Bertz CT molecular complexity index is 391. The van der Waals surface area contributed by atoms with Gasteiger partial charge in [0.05, 0.1) is 0 Å². The fourth-order valence-corrected chi connectivity index (χ4v) is 1.07. The Morgan fingerprint density at radius 3 is 2.27 bits per heavy atom. The van der Waals surface area contributed by atoms with Gasteiger partial charge in [-0.3, -0.25) is 4.79 Å². The largest absolute Gasteiger partial charge is 0.390 e. The Morgan fingerprint density at radius 1 is 1.13 bits per heavy atom. The second kappa shape index (κ2) is 5.10. The minimum atomic E-state index is -0.605. The Balaban J connectivity index is 2.76. The summed E-state index contributed by atoms with van der Waals surface area (Å²) in [5.74, 6) is -1.20. The number of carbonyl (C=O) groups excluding carboxylic acids is 2. The van der Waals surface area contributed by atoms with Gasteiger partial charge >= 0.3 is 11.9 Å². The van der Waals surface area contributed by atoms with Gasteiger partial charge in [0, 0.05) is 12.5 Å². The molecule has 0 aliphatic heterocycles. The molecule has 3 heteroatoms. The molecule has 1 aromatic carbocycles. The summed E-state index contributed by atoms with van der Waals surface area (Å²) in [5, 5.41) is 0. The van der Waals surface area contributed by atoms with Crippen molar-refractivity contribution < 1.29 is 14.3 Å². The maximum absolute atomic E-state index is 11.2. The maximum Gasteiger partial charge on any atom is 0.341 e. The summed E-state index contributed by atoms with van der Waals surface area (Å²) >= 11 is 0. The molecule has 0 saturated carbocycles. The summed E-state index contributed by atoms with van der Waals surface area (Å²) in [6.07, 6.45) is 1.67. The molecule has 0 amide bonds. The summed E-state index contributed by atoms with van der Waals surface area (Å²) in [7, 11) is 0. The van der Waals surface area contributed by atoms with E-state index < -0.39 is 11.9 Å². The van der Waals surface area contributed by atoms with Gasteiger partial charge in [-0.2, -0.15) is 0 Å². The molecule has 1 rings (SSSR count). The molecule has 0 radical (unpaired) electrons. The van der Waals surface area contributed by atoms with E-state index in [1.807, 2.05) is 30.3 Å². The first-order chi connectivity index (χ1) is 7.09. The molecule has 0 aliphatic rings. The molecule has 0 spiro atoms. The van der Waals surface area contributed by atoms with Crippen LogP contribution in [0, 0.1) is 0 Å². The third-order valence-electron chi connectivity index (χ3n) is 1.74. The molecule has 0 saturated heterocycles. The number of rotatable bonds is 2. The molecule has 1 aromatic rings. The normalized spacial score (nSPS) is 10.9. The van der Waals surface area contributed by atoms with E-state index in [1.165, 1.54) is 6.92 Å². The second-order valence-electron chi connectivity index (χ2n) is 3.12. The van der Waals surface area contributed by atoms with Gasteiger partial charge in [-0.25, -0.2) is 4.79 Å². The van der Waals surface area contributed by atoms with Crippen molar-refractivity contribution in [3.05, 3.63) is 41.5 Å². The first kappa shape index (κ1) is 11.2. The Labute approximate surface area is 88.4 Å². The lowest BCUT2D eigenvalue weighted by molar-refractivity contribution is -0.155. The van der Waals surface area contributed by atoms with Crippen LogP contribution in [0.15, 0.2) is 35.9 Å². The van der Waals surface area contributed by atoms with Crippen LogP contribution in [0.2, 0.25) is 0 Å². The van der Waals surface area contributed by atoms with Gasteiger partial charge in [0.15, 0.2) is 0 Å². The molecular weight excluding hydrogens is 192 g/mol. The quantitative estimate of drug-likeness (QED) is 0.421. The zero-order valence-electron chi connectivity index (χ0n) is 8.69. The van der Waals surface area contributed by atoms with E-state index in [-0.39, 0.29) is 0 Å². The summed E-state index contributed by atoms with van der Waals surface area (Å²) in [6, 6.07) is 9.36. The Morgan fingerprint density at radius 2 is 1.73 bits per heavy atom. The topological polar surface area (TPSA) is 43.4 Å². The van der Waals surface area contributed by atoms with E-state index in [2.05, 4.69) is 4.74 Å². The molecule has 78 valence electrons. The second-order valence-corrected chi connectivity index (χ2v) is 3.12. The lowest BCUT2D eigenvalue weighted by atomic mass is 10.1. The zero-order valence-corrected chi connectivity index (χ0v) is 8.69. The van der Waals surface area contributed by atoms with Crippen LogP contribution in [0.3, 0.4) is 0 Å². The van der Waals surface area contributed by atoms with Crippen LogP contribution >= 0.6 is 0 Å². The summed E-state index contributed by atoms with van der Waals surface area (Å²) < 4.78 is 4.44. The van der Waals surface area contributed by atoms with Crippen molar-refractivity contribution in [2.45, 2.75) is 13.8 Å². The number of esters is 2. The highest BCUT2D eigenvalue weighted by atomic mass is 16.6. The van der Waals surface area contributed by atoms with Gasteiger partial charge in [-0.05, 0) is 18.6 Å². The minimum absolute atomic E-state index is 0.399. The van der Waals surface area contributed by atoms with E-state index in [0.717, 1.165) is 5.56 Å². The third-order valence-corrected chi connectivity index (χ3v) is 1.74. The summed E-state index contributed by atoms with van der Waals surface area (Å²) in [6.45, 7) is 2.81.